The number of rotatable bonds is 5. The lowest BCUT2D eigenvalue weighted by atomic mass is 10.1. The maximum absolute atomic E-state index is 5.65. The molecule has 0 heterocycles. The van der Waals surface area contributed by atoms with Crippen molar-refractivity contribution in [3.8, 4) is 0 Å². The minimum absolute atomic E-state index is 0.535. The first-order valence-corrected chi connectivity index (χ1v) is 4.82. The second-order valence-electron chi connectivity index (χ2n) is 4.01. The Bertz CT molecular complexity index is 216. The molecule has 0 rings (SSSR count). The summed E-state index contributed by atoms with van der Waals surface area (Å²) in [4.78, 5) is 1.97. The van der Waals surface area contributed by atoms with Gasteiger partial charge in [0.25, 0.3) is 0 Å². The van der Waals surface area contributed by atoms with E-state index in [-0.39, 0.29) is 0 Å². The first-order chi connectivity index (χ1) is 6.43. The van der Waals surface area contributed by atoms with E-state index in [0.717, 1.165) is 0 Å². The monoisotopic (exact) mass is 198 g/mol. The predicted octanol–water partition coefficient (Wildman–Crippen LogP) is 0.970. The molecule has 0 aliphatic heterocycles. The number of nitrogens with zero attached hydrogens (tertiary/aromatic N) is 2. The van der Waals surface area contributed by atoms with Crippen LogP contribution in [0.1, 0.15) is 20.8 Å². The van der Waals surface area contributed by atoms with E-state index in [1.54, 1.807) is 0 Å². The van der Waals surface area contributed by atoms with Gasteiger partial charge in [0, 0.05) is 6.20 Å². The van der Waals surface area contributed by atoms with Gasteiger partial charge in [-0.1, -0.05) is 19.4 Å². The van der Waals surface area contributed by atoms with Crippen molar-refractivity contribution in [2.75, 3.05) is 20.6 Å². The predicted molar refractivity (Wildman–Crippen MR) is 61.9 cm³/mol. The molecule has 82 valence electrons. The van der Waals surface area contributed by atoms with E-state index in [9.17, 15) is 0 Å². The lowest BCUT2D eigenvalue weighted by molar-refractivity contribution is 0.467. The molecule has 0 spiro atoms. The highest BCUT2D eigenvalue weighted by molar-refractivity contribution is 5.82. The first-order valence-electron chi connectivity index (χ1n) is 4.82. The average Bonchev–Trinajstić information content (AvgIpc) is 2.02. The van der Waals surface area contributed by atoms with Gasteiger partial charge in [-0.05, 0) is 26.9 Å². The number of hydrogen-bond acceptors (Lipinski definition) is 3. The third-order valence-corrected chi connectivity index (χ3v) is 1.89. The van der Waals surface area contributed by atoms with Gasteiger partial charge in [0.05, 0.1) is 6.54 Å². The fourth-order valence-corrected chi connectivity index (χ4v) is 0.743. The molecule has 0 aromatic carbocycles. The maximum Gasteiger partial charge on any atom is 0.134 e. The smallest absolute Gasteiger partial charge is 0.134 e. The van der Waals surface area contributed by atoms with Crippen LogP contribution < -0.4 is 11.2 Å². The number of hydrazone groups is 1. The fourth-order valence-electron chi connectivity index (χ4n) is 0.743. The third-order valence-electron chi connectivity index (χ3n) is 1.89. The molecule has 0 saturated heterocycles. The highest BCUT2D eigenvalue weighted by atomic mass is 15.3. The highest BCUT2D eigenvalue weighted by Crippen LogP contribution is 2.05. The third kappa shape index (κ3) is 6.48. The number of amidine groups is 1. The van der Waals surface area contributed by atoms with E-state index in [2.05, 4.69) is 31.3 Å². The van der Waals surface area contributed by atoms with Gasteiger partial charge in [-0.15, -0.1) is 0 Å². The highest BCUT2D eigenvalue weighted by Gasteiger charge is 1.95. The Kier molecular flexibility index (Phi) is 5.95. The summed E-state index contributed by atoms with van der Waals surface area (Å²) in [6.07, 6.45) is 1.88. The van der Waals surface area contributed by atoms with Crippen molar-refractivity contribution in [3.63, 3.8) is 0 Å². The van der Waals surface area contributed by atoms with E-state index in [0.29, 0.717) is 18.3 Å². The molecule has 14 heavy (non-hydrogen) atoms. The standard InChI is InChI=1S/C10H22N4/c1-8(2)9(3)6-12-13-10(11)7-14(4)5/h6,8,12H,7H2,1-5H3,(H2,11,13)/b9-6+. The second-order valence-corrected chi connectivity index (χ2v) is 4.01. The molecule has 3 N–H and O–H groups in total. The van der Waals surface area contributed by atoms with Crippen LogP contribution in [0.25, 0.3) is 0 Å². The van der Waals surface area contributed by atoms with E-state index in [1.807, 2.05) is 25.2 Å². The van der Waals surface area contributed by atoms with Crippen molar-refractivity contribution in [3.05, 3.63) is 11.8 Å². The van der Waals surface area contributed by atoms with E-state index in [1.165, 1.54) is 5.57 Å². The summed E-state index contributed by atoms with van der Waals surface area (Å²) in [5.41, 5.74) is 9.76. The number of nitrogens with one attached hydrogen (secondary N) is 1. The van der Waals surface area contributed by atoms with Gasteiger partial charge in [0.15, 0.2) is 0 Å². The molecule has 0 aromatic heterocycles. The van der Waals surface area contributed by atoms with Crippen LogP contribution in [0.15, 0.2) is 16.9 Å². The van der Waals surface area contributed by atoms with Gasteiger partial charge in [0.2, 0.25) is 0 Å². The minimum Gasteiger partial charge on any atom is -0.385 e. The summed E-state index contributed by atoms with van der Waals surface area (Å²) < 4.78 is 0. The Morgan fingerprint density at radius 2 is 2.07 bits per heavy atom. The SMILES string of the molecule is C/C(=C\N/N=C(\N)CN(C)C)C(C)C. The molecule has 0 radical (unpaired) electrons. The van der Waals surface area contributed by atoms with E-state index < -0.39 is 0 Å². The van der Waals surface area contributed by atoms with Crippen LogP contribution in [0.2, 0.25) is 0 Å². The molecule has 0 aliphatic carbocycles. The first kappa shape index (κ1) is 13.0. The summed E-state index contributed by atoms with van der Waals surface area (Å²) in [7, 11) is 3.91. The Labute approximate surface area is 86.8 Å². The fraction of sp³-hybridized carbons (Fsp3) is 0.700. The maximum atomic E-state index is 5.65. The Hall–Kier alpha value is -1.03. The normalized spacial score (nSPS) is 13.9. The Balaban J connectivity index is 3.98. The average molecular weight is 198 g/mol. The lowest BCUT2D eigenvalue weighted by Crippen LogP contribution is -2.29. The summed E-state index contributed by atoms with van der Waals surface area (Å²) in [5, 5.41) is 4.01. The molecule has 4 heteroatoms. The molecule has 0 atom stereocenters. The van der Waals surface area contributed by atoms with Gasteiger partial charge in [0.1, 0.15) is 5.84 Å². The van der Waals surface area contributed by atoms with E-state index >= 15 is 0 Å². The summed E-state index contributed by atoms with van der Waals surface area (Å²) in [5.74, 6) is 1.12. The van der Waals surface area contributed by atoms with Crippen LogP contribution in [0.5, 0.6) is 0 Å². The van der Waals surface area contributed by atoms with Gasteiger partial charge in [-0.3, -0.25) is 5.43 Å². The molecular formula is C10H22N4. The number of likely N-dealkylation sites (N-methyl/N-ethyl adjacent to an activating group) is 1. The van der Waals surface area contributed by atoms with Crippen LogP contribution in [-0.2, 0) is 0 Å². The van der Waals surface area contributed by atoms with Gasteiger partial charge in [-0.25, -0.2) is 0 Å². The van der Waals surface area contributed by atoms with Crippen LogP contribution in [-0.4, -0.2) is 31.4 Å². The minimum atomic E-state index is 0.535. The number of nitrogens with two attached hydrogens (primary N) is 1. The molecule has 0 aromatic rings. The molecule has 0 amide bonds. The number of hydrogen-bond donors (Lipinski definition) is 2. The van der Waals surface area contributed by atoms with Crippen molar-refractivity contribution in [2.24, 2.45) is 16.8 Å². The molecule has 4 nitrogen and oxygen atoms in total. The van der Waals surface area contributed by atoms with Crippen LogP contribution in [0.4, 0.5) is 0 Å². The summed E-state index contributed by atoms with van der Waals surface area (Å²) >= 11 is 0. The van der Waals surface area contributed by atoms with Crippen molar-refractivity contribution in [1.82, 2.24) is 10.3 Å². The van der Waals surface area contributed by atoms with Crippen LogP contribution in [0.3, 0.4) is 0 Å². The lowest BCUT2D eigenvalue weighted by Gasteiger charge is -2.08. The molecule has 0 unspecified atom stereocenters. The van der Waals surface area contributed by atoms with Gasteiger partial charge >= 0.3 is 0 Å². The zero-order valence-corrected chi connectivity index (χ0v) is 9.83. The van der Waals surface area contributed by atoms with Crippen LogP contribution >= 0.6 is 0 Å². The Morgan fingerprint density at radius 1 is 1.50 bits per heavy atom. The van der Waals surface area contributed by atoms with Crippen molar-refractivity contribution >= 4 is 5.84 Å². The molecule has 0 bridgehead atoms. The van der Waals surface area contributed by atoms with Crippen molar-refractivity contribution in [1.29, 1.82) is 0 Å². The summed E-state index contributed by atoms with van der Waals surface area (Å²) in [6, 6.07) is 0. The molecule has 0 saturated carbocycles. The second kappa shape index (κ2) is 6.43. The summed E-state index contributed by atoms with van der Waals surface area (Å²) in [6.45, 7) is 7.01. The van der Waals surface area contributed by atoms with Crippen LogP contribution in [0, 0.1) is 5.92 Å². The van der Waals surface area contributed by atoms with Gasteiger partial charge in [-0.2, -0.15) is 5.10 Å². The molecule has 0 fully saturated rings. The molecule has 0 aliphatic rings. The van der Waals surface area contributed by atoms with Gasteiger partial charge < -0.3 is 10.6 Å². The Morgan fingerprint density at radius 3 is 2.50 bits per heavy atom. The zero-order valence-electron chi connectivity index (χ0n) is 9.83. The zero-order chi connectivity index (χ0) is 11.1. The largest absolute Gasteiger partial charge is 0.385 e. The van der Waals surface area contributed by atoms with E-state index in [4.69, 9.17) is 5.73 Å². The quantitative estimate of drug-likeness (QED) is 0.393. The number of allylic oxidation sites excluding steroid dienone is 1. The topological polar surface area (TPSA) is 53.6 Å². The van der Waals surface area contributed by atoms with Crippen molar-refractivity contribution < 1.29 is 0 Å². The molecular weight excluding hydrogens is 176 g/mol. The van der Waals surface area contributed by atoms with Crippen molar-refractivity contribution in [2.45, 2.75) is 20.8 Å².